The standard InChI is InChI=1S/C20H23N5O/c1-24(14-17-9-6-12-25(17)20-10-5-11-21-22-20)15-18-13-19(23-26-18)16-7-3-2-4-8-16/h2-5,7-8,10-11,13,17H,6,9,12,14-15H2,1H3/t17-/m1/s1. The number of benzene rings is 1. The average Bonchev–Trinajstić information content (AvgIpc) is 3.33. The first-order valence-electron chi connectivity index (χ1n) is 9.03. The van der Waals surface area contributed by atoms with Crippen molar-refractivity contribution in [3.63, 3.8) is 0 Å². The zero-order valence-corrected chi connectivity index (χ0v) is 15.0. The van der Waals surface area contributed by atoms with Gasteiger partial charge in [0.1, 0.15) is 5.69 Å². The Morgan fingerprint density at radius 2 is 2.08 bits per heavy atom. The van der Waals surface area contributed by atoms with Crippen molar-refractivity contribution >= 4 is 5.82 Å². The second-order valence-corrected chi connectivity index (χ2v) is 6.81. The van der Waals surface area contributed by atoms with Crippen LogP contribution < -0.4 is 4.90 Å². The van der Waals surface area contributed by atoms with E-state index < -0.39 is 0 Å². The molecule has 6 heteroatoms. The first-order valence-corrected chi connectivity index (χ1v) is 9.03. The third-order valence-corrected chi connectivity index (χ3v) is 4.81. The van der Waals surface area contributed by atoms with Gasteiger partial charge >= 0.3 is 0 Å². The molecule has 1 aliphatic heterocycles. The number of aromatic nitrogens is 3. The number of hydrogen-bond acceptors (Lipinski definition) is 6. The van der Waals surface area contributed by atoms with E-state index in [1.807, 2.05) is 48.5 Å². The van der Waals surface area contributed by atoms with Crippen LogP contribution in [0.15, 0.2) is 59.3 Å². The highest BCUT2D eigenvalue weighted by molar-refractivity contribution is 5.58. The molecule has 0 bridgehead atoms. The number of hydrogen-bond donors (Lipinski definition) is 0. The SMILES string of the molecule is CN(Cc1cc(-c2ccccc2)no1)C[C@H]1CCCN1c1cccnn1. The lowest BCUT2D eigenvalue weighted by Gasteiger charge is -2.28. The number of anilines is 1. The predicted molar refractivity (Wildman–Crippen MR) is 101 cm³/mol. The van der Waals surface area contributed by atoms with Crippen LogP contribution in [-0.2, 0) is 6.54 Å². The molecule has 1 saturated heterocycles. The van der Waals surface area contributed by atoms with E-state index >= 15 is 0 Å². The number of nitrogens with zero attached hydrogens (tertiary/aromatic N) is 5. The summed E-state index contributed by atoms with van der Waals surface area (Å²) >= 11 is 0. The molecule has 0 aliphatic carbocycles. The van der Waals surface area contributed by atoms with Crippen molar-refractivity contribution < 1.29 is 4.52 Å². The van der Waals surface area contributed by atoms with E-state index in [1.54, 1.807) is 6.20 Å². The molecule has 0 saturated carbocycles. The van der Waals surface area contributed by atoms with Crippen LogP contribution in [-0.4, -0.2) is 46.4 Å². The van der Waals surface area contributed by atoms with Gasteiger partial charge in [-0.05, 0) is 32.0 Å². The molecule has 3 heterocycles. The lowest BCUT2D eigenvalue weighted by molar-refractivity contribution is 0.259. The molecule has 3 aromatic rings. The van der Waals surface area contributed by atoms with Gasteiger partial charge in [0.05, 0.1) is 6.54 Å². The summed E-state index contributed by atoms with van der Waals surface area (Å²) in [5.41, 5.74) is 1.96. The Bertz CT molecular complexity index is 820. The molecule has 0 unspecified atom stereocenters. The molecule has 2 aromatic heterocycles. The number of rotatable bonds is 6. The van der Waals surface area contributed by atoms with Gasteiger partial charge in [0.2, 0.25) is 0 Å². The first kappa shape index (κ1) is 16.7. The fourth-order valence-electron chi connectivity index (χ4n) is 3.60. The van der Waals surface area contributed by atoms with Crippen molar-refractivity contribution in [3.05, 3.63) is 60.5 Å². The maximum atomic E-state index is 5.54. The Balaban J connectivity index is 1.38. The maximum Gasteiger partial charge on any atom is 0.151 e. The average molecular weight is 349 g/mol. The fourth-order valence-corrected chi connectivity index (χ4v) is 3.60. The van der Waals surface area contributed by atoms with Crippen LogP contribution in [0.5, 0.6) is 0 Å². The molecule has 1 atom stereocenters. The largest absolute Gasteiger partial charge is 0.359 e. The summed E-state index contributed by atoms with van der Waals surface area (Å²) in [6.07, 6.45) is 4.08. The van der Waals surface area contributed by atoms with Crippen molar-refractivity contribution in [2.75, 3.05) is 25.0 Å². The van der Waals surface area contributed by atoms with Crippen LogP contribution in [0.1, 0.15) is 18.6 Å². The normalized spacial score (nSPS) is 17.2. The Labute approximate surface area is 153 Å². The minimum absolute atomic E-state index is 0.452. The highest BCUT2D eigenvalue weighted by Gasteiger charge is 2.27. The molecule has 134 valence electrons. The van der Waals surface area contributed by atoms with E-state index in [0.29, 0.717) is 6.04 Å². The van der Waals surface area contributed by atoms with Crippen molar-refractivity contribution in [2.24, 2.45) is 0 Å². The highest BCUT2D eigenvalue weighted by atomic mass is 16.5. The maximum absolute atomic E-state index is 5.54. The molecule has 0 spiro atoms. The zero-order valence-electron chi connectivity index (χ0n) is 15.0. The van der Waals surface area contributed by atoms with Gasteiger partial charge in [-0.15, -0.1) is 5.10 Å². The van der Waals surface area contributed by atoms with Crippen LogP contribution in [0.4, 0.5) is 5.82 Å². The third-order valence-electron chi connectivity index (χ3n) is 4.81. The second kappa shape index (κ2) is 7.66. The Hall–Kier alpha value is -2.73. The van der Waals surface area contributed by atoms with Crippen LogP contribution in [0.2, 0.25) is 0 Å². The monoisotopic (exact) mass is 349 g/mol. The molecular weight excluding hydrogens is 326 g/mol. The van der Waals surface area contributed by atoms with Gasteiger partial charge in [-0.2, -0.15) is 5.10 Å². The Morgan fingerprint density at radius 1 is 1.19 bits per heavy atom. The Kier molecular flexibility index (Phi) is 4.93. The highest BCUT2D eigenvalue weighted by Crippen LogP contribution is 2.24. The van der Waals surface area contributed by atoms with Crippen LogP contribution in [0.3, 0.4) is 0 Å². The minimum Gasteiger partial charge on any atom is -0.359 e. The molecule has 0 amide bonds. The molecule has 4 rings (SSSR count). The molecule has 1 aromatic carbocycles. The second-order valence-electron chi connectivity index (χ2n) is 6.81. The topological polar surface area (TPSA) is 58.3 Å². The van der Waals surface area contributed by atoms with E-state index in [4.69, 9.17) is 4.52 Å². The summed E-state index contributed by atoms with van der Waals surface area (Å²) in [5.74, 6) is 1.85. The van der Waals surface area contributed by atoms with E-state index in [0.717, 1.165) is 42.5 Å². The van der Waals surface area contributed by atoms with Gasteiger partial charge < -0.3 is 9.42 Å². The molecule has 0 radical (unpaired) electrons. The minimum atomic E-state index is 0.452. The lowest BCUT2D eigenvalue weighted by Crippen LogP contribution is -2.39. The summed E-state index contributed by atoms with van der Waals surface area (Å²) in [4.78, 5) is 4.65. The van der Waals surface area contributed by atoms with Gasteiger partial charge in [-0.3, -0.25) is 4.90 Å². The summed E-state index contributed by atoms with van der Waals surface area (Å²) < 4.78 is 5.54. The smallest absolute Gasteiger partial charge is 0.151 e. The molecule has 6 nitrogen and oxygen atoms in total. The fraction of sp³-hybridized carbons (Fsp3) is 0.350. The molecule has 0 N–H and O–H groups in total. The number of likely N-dealkylation sites (N-methyl/N-ethyl adjacent to an activating group) is 1. The predicted octanol–water partition coefficient (Wildman–Crippen LogP) is 3.23. The van der Waals surface area contributed by atoms with Crippen LogP contribution in [0.25, 0.3) is 11.3 Å². The van der Waals surface area contributed by atoms with E-state index in [2.05, 4.69) is 32.2 Å². The summed E-state index contributed by atoms with van der Waals surface area (Å²) in [7, 11) is 2.12. The summed E-state index contributed by atoms with van der Waals surface area (Å²) in [5, 5.41) is 12.5. The van der Waals surface area contributed by atoms with Crippen LogP contribution >= 0.6 is 0 Å². The third kappa shape index (κ3) is 3.75. The van der Waals surface area contributed by atoms with E-state index in [1.165, 1.54) is 12.8 Å². The van der Waals surface area contributed by atoms with E-state index in [-0.39, 0.29) is 0 Å². The van der Waals surface area contributed by atoms with Crippen molar-refractivity contribution in [2.45, 2.75) is 25.4 Å². The zero-order chi connectivity index (χ0) is 17.8. The lowest BCUT2D eigenvalue weighted by atomic mass is 10.1. The van der Waals surface area contributed by atoms with Crippen molar-refractivity contribution in [1.82, 2.24) is 20.3 Å². The van der Waals surface area contributed by atoms with Crippen LogP contribution in [0, 0.1) is 0 Å². The van der Waals surface area contributed by atoms with Crippen molar-refractivity contribution in [3.8, 4) is 11.3 Å². The van der Waals surface area contributed by atoms with Gasteiger partial charge in [0, 0.05) is 37.0 Å². The van der Waals surface area contributed by atoms with Gasteiger partial charge in [-0.1, -0.05) is 35.5 Å². The Morgan fingerprint density at radius 3 is 2.88 bits per heavy atom. The quantitative estimate of drug-likeness (QED) is 0.681. The first-order chi connectivity index (χ1) is 12.8. The summed E-state index contributed by atoms with van der Waals surface area (Å²) in [6, 6.07) is 16.6. The molecule has 1 aliphatic rings. The van der Waals surface area contributed by atoms with Gasteiger partial charge in [0.15, 0.2) is 11.6 Å². The molecular formula is C20H23N5O. The molecule has 26 heavy (non-hydrogen) atoms. The van der Waals surface area contributed by atoms with E-state index in [9.17, 15) is 0 Å². The summed E-state index contributed by atoms with van der Waals surface area (Å²) in [6.45, 7) is 2.74. The van der Waals surface area contributed by atoms with Gasteiger partial charge in [-0.25, -0.2) is 0 Å². The van der Waals surface area contributed by atoms with Gasteiger partial charge in [0.25, 0.3) is 0 Å². The molecule has 1 fully saturated rings. The van der Waals surface area contributed by atoms with Crippen molar-refractivity contribution in [1.29, 1.82) is 0 Å².